The normalized spacial score (nSPS) is 11.9. The SMILES string of the molecule is CC(C)N(CCNc1nc(Nc2ccncn2)nc2c1ncn2C(C)C)C(C)C. The van der Waals surface area contributed by atoms with E-state index in [1.807, 2.05) is 10.9 Å². The zero-order valence-electron chi connectivity index (χ0n) is 18.1. The van der Waals surface area contributed by atoms with Gasteiger partial charge in [0, 0.05) is 37.4 Å². The van der Waals surface area contributed by atoms with Gasteiger partial charge in [-0.25, -0.2) is 15.0 Å². The van der Waals surface area contributed by atoms with Gasteiger partial charge >= 0.3 is 0 Å². The van der Waals surface area contributed by atoms with Gasteiger partial charge in [0.15, 0.2) is 17.0 Å². The Morgan fingerprint density at radius 1 is 1.03 bits per heavy atom. The van der Waals surface area contributed by atoms with Crippen molar-refractivity contribution in [2.24, 2.45) is 0 Å². The number of nitrogens with one attached hydrogen (secondary N) is 2. The van der Waals surface area contributed by atoms with Crippen LogP contribution in [0.5, 0.6) is 0 Å². The number of anilines is 3. The first kappa shape index (κ1) is 20.9. The summed E-state index contributed by atoms with van der Waals surface area (Å²) in [6.45, 7) is 14.8. The monoisotopic (exact) mass is 397 g/mol. The molecule has 0 aliphatic heterocycles. The highest BCUT2D eigenvalue weighted by Gasteiger charge is 2.17. The molecule has 3 aromatic rings. The van der Waals surface area contributed by atoms with Crippen LogP contribution in [0.3, 0.4) is 0 Å². The van der Waals surface area contributed by atoms with Gasteiger partial charge in [-0.1, -0.05) is 0 Å². The Balaban J connectivity index is 1.88. The highest BCUT2D eigenvalue weighted by Crippen LogP contribution is 2.24. The quantitative estimate of drug-likeness (QED) is 0.566. The fraction of sp³-hybridized carbons (Fsp3) is 0.550. The summed E-state index contributed by atoms with van der Waals surface area (Å²) >= 11 is 0. The van der Waals surface area contributed by atoms with E-state index in [1.54, 1.807) is 12.3 Å². The van der Waals surface area contributed by atoms with Gasteiger partial charge in [0.1, 0.15) is 12.1 Å². The van der Waals surface area contributed by atoms with Crippen LogP contribution < -0.4 is 10.6 Å². The van der Waals surface area contributed by atoms with Gasteiger partial charge in [0.2, 0.25) is 5.95 Å². The second-order valence-corrected chi connectivity index (χ2v) is 7.89. The van der Waals surface area contributed by atoms with Crippen molar-refractivity contribution in [3.05, 3.63) is 24.9 Å². The smallest absolute Gasteiger partial charge is 0.232 e. The molecule has 156 valence electrons. The van der Waals surface area contributed by atoms with Crippen molar-refractivity contribution in [3.8, 4) is 0 Å². The van der Waals surface area contributed by atoms with Crippen molar-refractivity contribution in [2.45, 2.75) is 59.7 Å². The molecule has 9 heteroatoms. The van der Waals surface area contributed by atoms with E-state index in [1.165, 1.54) is 6.33 Å². The van der Waals surface area contributed by atoms with E-state index in [-0.39, 0.29) is 6.04 Å². The zero-order chi connectivity index (χ0) is 21.0. The maximum atomic E-state index is 4.68. The highest BCUT2D eigenvalue weighted by atomic mass is 15.2. The molecular formula is C20H31N9. The maximum absolute atomic E-state index is 4.68. The fourth-order valence-electron chi connectivity index (χ4n) is 3.37. The largest absolute Gasteiger partial charge is 0.367 e. The second kappa shape index (κ2) is 9.13. The van der Waals surface area contributed by atoms with Crippen LogP contribution in [-0.2, 0) is 0 Å². The summed E-state index contributed by atoms with van der Waals surface area (Å²) in [4.78, 5) is 24.5. The molecule has 0 aliphatic carbocycles. The van der Waals surface area contributed by atoms with Gasteiger partial charge in [-0.2, -0.15) is 9.97 Å². The van der Waals surface area contributed by atoms with Crippen LogP contribution in [0.15, 0.2) is 24.9 Å². The summed E-state index contributed by atoms with van der Waals surface area (Å²) in [5, 5.41) is 6.63. The molecule has 0 spiro atoms. The molecular weight excluding hydrogens is 366 g/mol. The Morgan fingerprint density at radius 2 is 1.79 bits per heavy atom. The van der Waals surface area contributed by atoms with Crippen molar-refractivity contribution in [1.29, 1.82) is 0 Å². The van der Waals surface area contributed by atoms with Crippen molar-refractivity contribution < 1.29 is 0 Å². The Kier molecular flexibility index (Phi) is 6.58. The highest BCUT2D eigenvalue weighted by molar-refractivity contribution is 5.84. The van der Waals surface area contributed by atoms with Gasteiger partial charge in [0.05, 0.1) is 6.33 Å². The van der Waals surface area contributed by atoms with Crippen LogP contribution in [0.1, 0.15) is 47.6 Å². The van der Waals surface area contributed by atoms with Crippen LogP contribution in [-0.4, -0.2) is 59.6 Å². The van der Waals surface area contributed by atoms with E-state index in [0.717, 1.165) is 30.1 Å². The number of rotatable bonds is 9. The van der Waals surface area contributed by atoms with E-state index >= 15 is 0 Å². The number of fused-ring (bicyclic) bond motifs is 1. The van der Waals surface area contributed by atoms with E-state index < -0.39 is 0 Å². The second-order valence-electron chi connectivity index (χ2n) is 7.89. The third-order valence-electron chi connectivity index (χ3n) is 4.79. The maximum Gasteiger partial charge on any atom is 0.232 e. The van der Waals surface area contributed by atoms with Gasteiger partial charge in [-0.3, -0.25) is 4.90 Å². The molecule has 0 fully saturated rings. The molecule has 0 saturated heterocycles. The molecule has 0 atom stereocenters. The molecule has 3 heterocycles. The summed E-state index contributed by atoms with van der Waals surface area (Å²) in [6.07, 6.45) is 4.99. The number of hydrogen-bond acceptors (Lipinski definition) is 8. The van der Waals surface area contributed by atoms with Crippen LogP contribution in [0.4, 0.5) is 17.6 Å². The third kappa shape index (κ3) is 4.97. The van der Waals surface area contributed by atoms with Gasteiger partial charge < -0.3 is 15.2 Å². The molecule has 29 heavy (non-hydrogen) atoms. The lowest BCUT2D eigenvalue weighted by Gasteiger charge is -2.30. The first-order valence-corrected chi connectivity index (χ1v) is 10.1. The molecule has 0 aromatic carbocycles. The molecule has 0 unspecified atom stereocenters. The summed E-state index contributed by atoms with van der Waals surface area (Å²) in [7, 11) is 0. The summed E-state index contributed by atoms with van der Waals surface area (Å²) in [6, 6.07) is 2.99. The Labute approximate surface area is 172 Å². The number of aromatic nitrogens is 6. The first-order valence-electron chi connectivity index (χ1n) is 10.1. The van der Waals surface area contributed by atoms with Gasteiger partial charge in [-0.15, -0.1) is 0 Å². The Morgan fingerprint density at radius 3 is 2.41 bits per heavy atom. The topological polar surface area (TPSA) is 96.7 Å². The first-order chi connectivity index (χ1) is 13.9. The van der Waals surface area contributed by atoms with Crippen molar-refractivity contribution in [1.82, 2.24) is 34.4 Å². The fourth-order valence-corrected chi connectivity index (χ4v) is 3.37. The molecule has 2 N–H and O–H groups in total. The molecule has 0 amide bonds. The van der Waals surface area contributed by atoms with E-state index in [2.05, 4.69) is 82.0 Å². The average molecular weight is 398 g/mol. The Bertz CT molecular complexity index is 910. The number of hydrogen-bond donors (Lipinski definition) is 2. The van der Waals surface area contributed by atoms with Crippen molar-refractivity contribution >= 4 is 28.7 Å². The van der Waals surface area contributed by atoms with E-state index in [4.69, 9.17) is 0 Å². The standard InChI is InChI=1S/C20H31N9/c1-13(2)28(14(3)4)10-9-22-18-17-19(29(12-24-17)15(5)6)27-20(26-18)25-16-7-8-21-11-23-16/h7-8,11-15H,9-10H2,1-6H3,(H2,21,22,23,25,26,27). The summed E-state index contributed by atoms with van der Waals surface area (Å²) in [5.74, 6) is 1.84. The lowest BCUT2D eigenvalue weighted by Crippen LogP contribution is -2.40. The van der Waals surface area contributed by atoms with E-state index in [9.17, 15) is 0 Å². The predicted octanol–water partition coefficient (Wildman–Crippen LogP) is 3.47. The van der Waals surface area contributed by atoms with Crippen molar-refractivity contribution in [3.63, 3.8) is 0 Å². The molecule has 0 aliphatic rings. The Hall–Kier alpha value is -2.81. The number of nitrogens with zero attached hydrogens (tertiary/aromatic N) is 7. The lowest BCUT2D eigenvalue weighted by atomic mass is 10.2. The van der Waals surface area contributed by atoms with Crippen LogP contribution in [0.25, 0.3) is 11.2 Å². The van der Waals surface area contributed by atoms with Crippen LogP contribution in [0.2, 0.25) is 0 Å². The van der Waals surface area contributed by atoms with Crippen LogP contribution >= 0.6 is 0 Å². The minimum absolute atomic E-state index is 0.243. The molecule has 9 nitrogen and oxygen atoms in total. The van der Waals surface area contributed by atoms with Gasteiger partial charge in [0.25, 0.3) is 0 Å². The summed E-state index contributed by atoms with van der Waals surface area (Å²) in [5.41, 5.74) is 1.56. The molecule has 0 bridgehead atoms. The summed E-state index contributed by atoms with van der Waals surface area (Å²) < 4.78 is 2.04. The molecule has 0 saturated carbocycles. The predicted molar refractivity (Wildman–Crippen MR) is 116 cm³/mol. The third-order valence-corrected chi connectivity index (χ3v) is 4.79. The minimum Gasteiger partial charge on any atom is -0.367 e. The zero-order valence-corrected chi connectivity index (χ0v) is 18.1. The lowest BCUT2D eigenvalue weighted by molar-refractivity contribution is 0.182. The molecule has 3 aromatic heterocycles. The van der Waals surface area contributed by atoms with Crippen LogP contribution in [0, 0.1) is 0 Å². The van der Waals surface area contributed by atoms with E-state index in [0.29, 0.717) is 23.8 Å². The molecule has 3 rings (SSSR count). The number of imidazole rings is 1. The molecule has 0 radical (unpaired) electrons. The average Bonchev–Trinajstić information content (AvgIpc) is 3.09. The minimum atomic E-state index is 0.243. The van der Waals surface area contributed by atoms with Gasteiger partial charge in [-0.05, 0) is 47.6 Å². The van der Waals surface area contributed by atoms with Crippen molar-refractivity contribution in [2.75, 3.05) is 23.7 Å².